The summed E-state index contributed by atoms with van der Waals surface area (Å²) in [4.78, 5) is 23.5. The van der Waals surface area contributed by atoms with Crippen molar-refractivity contribution in [2.75, 3.05) is 25.1 Å². The van der Waals surface area contributed by atoms with Gasteiger partial charge in [-0.25, -0.2) is 4.98 Å². The van der Waals surface area contributed by atoms with E-state index in [2.05, 4.69) is 32.7 Å². The van der Waals surface area contributed by atoms with Crippen LogP contribution in [0.15, 0.2) is 60.2 Å². The lowest BCUT2D eigenvalue weighted by Gasteiger charge is -2.34. The van der Waals surface area contributed by atoms with E-state index in [-0.39, 0.29) is 11.9 Å². The smallest absolute Gasteiger partial charge is 0.226 e. The second-order valence-electron chi connectivity index (χ2n) is 6.69. The Morgan fingerprint density at radius 2 is 2.14 bits per heavy atom. The third-order valence-electron chi connectivity index (χ3n) is 4.68. The number of nitrogens with one attached hydrogen (secondary N) is 1. The third kappa shape index (κ3) is 4.81. The van der Waals surface area contributed by atoms with Gasteiger partial charge in [-0.05, 0) is 12.1 Å². The molecule has 7 heteroatoms. The number of thiazole rings is 1. The average Bonchev–Trinajstić information content (AvgIpc) is 3.19. The lowest BCUT2D eigenvalue weighted by Crippen LogP contribution is -2.46. The van der Waals surface area contributed by atoms with E-state index in [0.29, 0.717) is 25.3 Å². The van der Waals surface area contributed by atoms with Gasteiger partial charge in [-0.1, -0.05) is 30.3 Å². The molecule has 1 saturated heterocycles. The van der Waals surface area contributed by atoms with E-state index in [1.165, 1.54) is 0 Å². The number of nitrogens with zero attached hydrogens (tertiary/aromatic N) is 3. The Hall–Kier alpha value is -2.61. The summed E-state index contributed by atoms with van der Waals surface area (Å²) < 4.78 is 5.62. The van der Waals surface area contributed by atoms with Gasteiger partial charge < -0.3 is 10.1 Å². The molecular weight excluding hydrogens is 372 g/mol. The number of carbonyl (C=O) groups is 1. The number of hydrogen-bond acceptors (Lipinski definition) is 6. The first-order valence-electron chi connectivity index (χ1n) is 9.29. The van der Waals surface area contributed by atoms with Crippen LogP contribution in [0.4, 0.5) is 5.69 Å². The summed E-state index contributed by atoms with van der Waals surface area (Å²) in [5.74, 6) is -0.0300. The summed E-state index contributed by atoms with van der Waals surface area (Å²) in [6.45, 7) is 2.76. The fourth-order valence-corrected chi connectivity index (χ4v) is 4.07. The predicted octanol–water partition coefficient (Wildman–Crippen LogP) is 3.43. The molecule has 0 bridgehead atoms. The minimum atomic E-state index is -0.0300. The molecule has 1 aliphatic rings. The summed E-state index contributed by atoms with van der Waals surface area (Å²) in [6, 6.07) is 13.9. The summed E-state index contributed by atoms with van der Waals surface area (Å²) >= 11 is 1.66. The maximum atomic E-state index is 12.4. The Morgan fingerprint density at radius 1 is 1.25 bits per heavy atom. The van der Waals surface area contributed by atoms with E-state index in [4.69, 9.17) is 9.72 Å². The Morgan fingerprint density at radius 3 is 2.96 bits per heavy atom. The lowest BCUT2D eigenvalue weighted by molar-refractivity contribution is -0.119. The van der Waals surface area contributed by atoms with Crippen LogP contribution in [0, 0.1) is 0 Å². The first-order chi connectivity index (χ1) is 13.8. The number of amides is 1. The molecular formula is C21H22N4O2S. The molecule has 1 fully saturated rings. The van der Waals surface area contributed by atoms with Crippen LogP contribution in [0.3, 0.4) is 0 Å². The minimum absolute atomic E-state index is 0.0300. The Labute approximate surface area is 168 Å². The number of anilines is 1. The highest BCUT2D eigenvalue weighted by atomic mass is 32.1. The Kier molecular flexibility index (Phi) is 6.06. The molecule has 6 nitrogen and oxygen atoms in total. The first kappa shape index (κ1) is 18.7. The number of pyridine rings is 1. The van der Waals surface area contributed by atoms with Crippen molar-refractivity contribution in [3.05, 3.63) is 65.2 Å². The lowest BCUT2D eigenvalue weighted by atomic mass is 10.1. The molecule has 0 spiro atoms. The van der Waals surface area contributed by atoms with Crippen LogP contribution < -0.4 is 5.32 Å². The Bertz CT molecular complexity index is 901. The molecule has 2 aromatic heterocycles. The number of hydrogen-bond donors (Lipinski definition) is 1. The van der Waals surface area contributed by atoms with E-state index in [9.17, 15) is 4.79 Å². The number of benzene rings is 1. The van der Waals surface area contributed by atoms with Crippen molar-refractivity contribution in [1.29, 1.82) is 0 Å². The third-order valence-corrected chi connectivity index (χ3v) is 5.51. The van der Waals surface area contributed by atoms with Crippen molar-refractivity contribution in [1.82, 2.24) is 14.9 Å². The van der Waals surface area contributed by atoms with Crippen LogP contribution in [0.2, 0.25) is 0 Å². The minimum Gasteiger partial charge on any atom is -0.378 e. The maximum Gasteiger partial charge on any atom is 0.226 e. The van der Waals surface area contributed by atoms with Crippen molar-refractivity contribution >= 4 is 22.9 Å². The highest BCUT2D eigenvalue weighted by molar-refractivity contribution is 7.09. The fraction of sp³-hybridized carbons (Fsp3) is 0.286. The standard InChI is InChI=1S/C21H22N4O2S/c26-20(23-17-7-4-8-22-12-17)11-18-14-27-10-9-25(18)13-21-24-19(15-28-21)16-5-2-1-3-6-16/h1-8,12,15,18H,9-11,13-14H2,(H,23,26). The molecule has 3 heterocycles. The van der Waals surface area contributed by atoms with E-state index in [1.54, 1.807) is 29.8 Å². The van der Waals surface area contributed by atoms with Crippen molar-refractivity contribution < 1.29 is 9.53 Å². The van der Waals surface area contributed by atoms with Gasteiger partial charge in [0.1, 0.15) is 5.01 Å². The van der Waals surface area contributed by atoms with Gasteiger partial charge in [0.25, 0.3) is 0 Å². The molecule has 1 aliphatic heterocycles. The van der Waals surface area contributed by atoms with Gasteiger partial charge in [-0.3, -0.25) is 14.7 Å². The van der Waals surface area contributed by atoms with Crippen LogP contribution in [0.25, 0.3) is 11.3 Å². The Balaban J connectivity index is 1.39. The van der Waals surface area contributed by atoms with Crippen LogP contribution in [0.1, 0.15) is 11.4 Å². The zero-order valence-electron chi connectivity index (χ0n) is 15.5. The maximum absolute atomic E-state index is 12.4. The van der Waals surface area contributed by atoms with Crippen LogP contribution in [-0.2, 0) is 16.1 Å². The molecule has 1 aromatic carbocycles. The second-order valence-corrected chi connectivity index (χ2v) is 7.63. The number of aromatic nitrogens is 2. The van der Waals surface area contributed by atoms with E-state index in [1.807, 2.05) is 24.3 Å². The quantitative estimate of drug-likeness (QED) is 0.694. The number of carbonyl (C=O) groups excluding carboxylic acids is 1. The molecule has 1 N–H and O–H groups in total. The predicted molar refractivity (Wildman–Crippen MR) is 110 cm³/mol. The normalized spacial score (nSPS) is 17.4. The van der Waals surface area contributed by atoms with Crippen LogP contribution >= 0.6 is 11.3 Å². The average molecular weight is 395 g/mol. The highest BCUT2D eigenvalue weighted by Gasteiger charge is 2.26. The summed E-state index contributed by atoms with van der Waals surface area (Å²) in [5.41, 5.74) is 2.84. The molecule has 144 valence electrons. The van der Waals surface area contributed by atoms with E-state index in [0.717, 1.165) is 29.4 Å². The molecule has 0 saturated carbocycles. The zero-order valence-corrected chi connectivity index (χ0v) is 16.3. The molecule has 1 amide bonds. The van der Waals surface area contributed by atoms with Gasteiger partial charge in [0.05, 0.1) is 37.3 Å². The summed E-state index contributed by atoms with van der Waals surface area (Å²) in [7, 11) is 0. The van der Waals surface area contributed by atoms with Crippen molar-refractivity contribution in [3.63, 3.8) is 0 Å². The van der Waals surface area contributed by atoms with Crippen LogP contribution in [-0.4, -0.2) is 46.6 Å². The van der Waals surface area contributed by atoms with Gasteiger partial charge in [0, 0.05) is 36.1 Å². The second kappa shape index (κ2) is 9.05. The summed E-state index contributed by atoms with van der Waals surface area (Å²) in [6.07, 6.45) is 3.71. The molecule has 4 rings (SSSR count). The molecule has 1 atom stereocenters. The number of morpholine rings is 1. The molecule has 3 aromatic rings. The highest BCUT2D eigenvalue weighted by Crippen LogP contribution is 2.24. The number of rotatable bonds is 6. The van der Waals surface area contributed by atoms with Crippen molar-refractivity contribution in [3.8, 4) is 11.3 Å². The van der Waals surface area contributed by atoms with Gasteiger partial charge in [-0.15, -0.1) is 11.3 Å². The first-order valence-corrected chi connectivity index (χ1v) is 10.2. The van der Waals surface area contributed by atoms with E-state index >= 15 is 0 Å². The zero-order chi connectivity index (χ0) is 19.2. The van der Waals surface area contributed by atoms with Crippen molar-refractivity contribution in [2.45, 2.75) is 19.0 Å². The van der Waals surface area contributed by atoms with Crippen molar-refractivity contribution in [2.24, 2.45) is 0 Å². The fourth-order valence-electron chi connectivity index (χ4n) is 3.25. The van der Waals surface area contributed by atoms with Gasteiger partial charge in [0.15, 0.2) is 0 Å². The van der Waals surface area contributed by atoms with E-state index < -0.39 is 0 Å². The number of ether oxygens (including phenoxy) is 1. The SMILES string of the molecule is O=C(CC1COCCN1Cc1nc(-c2ccccc2)cs1)Nc1cccnc1. The van der Waals surface area contributed by atoms with Gasteiger partial charge in [-0.2, -0.15) is 0 Å². The largest absolute Gasteiger partial charge is 0.378 e. The summed E-state index contributed by atoms with van der Waals surface area (Å²) in [5, 5.41) is 6.05. The molecule has 1 unspecified atom stereocenters. The topological polar surface area (TPSA) is 67.3 Å². The molecule has 0 aliphatic carbocycles. The van der Waals surface area contributed by atoms with Crippen LogP contribution in [0.5, 0.6) is 0 Å². The van der Waals surface area contributed by atoms with Gasteiger partial charge in [0.2, 0.25) is 5.91 Å². The molecule has 28 heavy (non-hydrogen) atoms. The monoisotopic (exact) mass is 394 g/mol. The van der Waals surface area contributed by atoms with Gasteiger partial charge >= 0.3 is 0 Å². The molecule has 0 radical (unpaired) electrons.